The average molecular weight is 619 g/mol. The summed E-state index contributed by atoms with van der Waals surface area (Å²) in [5.41, 5.74) is -1.73. The smallest absolute Gasteiger partial charge is 0.236 e. The summed E-state index contributed by atoms with van der Waals surface area (Å²) in [6, 6.07) is 26.9. The fraction of sp³-hybridized carbons (Fsp3) is 0.450. The van der Waals surface area contributed by atoms with Gasteiger partial charge in [0.2, 0.25) is 11.8 Å². The lowest BCUT2D eigenvalue weighted by Gasteiger charge is -2.42. The Balaban J connectivity index is 1.26. The first kappa shape index (κ1) is 30.9. The number of hydrogen-bond acceptors (Lipinski definition) is 4. The highest BCUT2D eigenvalue weighted by molar-refractivity contribution is 6.06. The molecule has 2 amide bonds. The first-order valence-electron chi connectivity index (χ1n) is 17.4. The molecule has 6 nitrogen and oxygen atoms in total. The molecular formula is C40H46N2O4. The Morgan fingerprint density at radius 3 is 1.30 bits per heavy atom. The van der Waals surface area contributed by atoms with E-state index in [1.165, 1.54) is 0 Å². The summed E-state index contributed by atoms with van der Waals surface area (Å²) in [4.78, 5) is 29.5. The number of carbonyl (C=O) groups is 2. The second kappa shape index (κ2) is 12.5. The van der Waals surface area contributed by atoms with Crippen LogP contribution in [0.2, 0.25) is 0 Å². The minimum absolute atomic E-state index is 0.321. The number of rotatable bonds is 8. The fourth-order valence-electron chi connectivity index (χ4n) is 8.81. The van der Waals surface area contributed by atoms with Gasteiger partial charge in [0.05, 0.1) is 23.3 Å². The Morgan fingerprint density at radius 2 is 0.870 bits per heavy atom. The third-order valence-electron chi connectivity index (χ3n) is 11.4. The minimum atomic E-state index is -1.30. The molecule has 0 aliphatic heterocycles. The molecule has 0 bridgehead atoms. The van der Waals surface area contributed by atoms with Crippen molar-refractivity contribution in [1.29, 1.82) is 0 Å². The van der Waals surface area contributed by atoms with E-state index in [9.17, 15) is 19.8 Å². The van der Waals surface area contributed by atoms with Crippen molar-refractivity contribution >= 4 is 33.4 Å². The maximum atomic E-state index is 14.8. The van der Waals surface area contributed by atoms with Crippen LogP contribution in [0, 0.1) is 5.41 Å². The van der Waals surface area contributed by atoms with Crippen LogP contribution in [0.15, 0.2) is 84.9 Å². The summed E-state index contributed by atoms with van der Waals surface area (Å²) in [5, 5.41) is 34.8. The summed E-state index contributed by atoms with van der Waals surface area (Å²) in [5.74, 6) is -0.643. The van der Waals surface area contributed by atoms with Gasteiger partial charge in [0, 0.05) is 0 Å². The van der Waals surface area contributed by atoms with Gasteiger partial charge in [-0.2, -0.15) is 0 Å². The van der Waals surface area contributed by atoms with Crippen molar-refractivity contribution in [2.24, 2.45) is 5.41 Å². The summed E-state index contributed by atoms with van der Waals surface area (Å²) < 4.78 is 0. The first-order valence-corrected chi connectivity index (χ1v) is 17.4. The predicted octanol–water partition coefficient (Wildman–Crippen LogP) is 7.57. The molecule has 0 aromatic heterocycles. The number of amides is 2. The maximum absolute atomic E-state index is 14.8. The van der Waals surface area contributed by atoms with Crippen molar-refractivity contribution in [2.45, 2.75) is 107 Å². The van der Waals surface area contributed by atoms with Crippen LogP contribution in [-0.4, -0.2) is 33.2 Å². The van der Waals surface area contributed by atoms with Crippen LogP contribution in [0.4, 0.5) is 0 Å². The molecule has 3 aliphatic carbocycles. The maximum Gasteiger partial charge on any atom is 0.236 e. The Bertz CT molecular complexity index is 1600. The van der Waals surface area contributed by atoms with Gasteiger partial charge in [-0.25, -0.2) is 0 Å². The number of benzene rings is 4. The van der Waals surface area contributed by atoms with E-state index in [4.69, 9.17) is 0 Å². The lowest BCUT2D eigenvalue weighted by molar-refractivity contribution is -0.149. The fourth-order valence-corrected chi connectivity index (χ4v) is 8.81. The van der Waals surface area contributed by atoms with E-state index in [-0.39, 0.29) is 11.8 Å². The first-order chi connectivity index (χ1) is 22.3. The second-order valence-electron chi connectivity index (χ2n) is 14.2. The normalized spacial score (nSPS) is 21.5. The monoisotopic (exact) mass is 618 g/mol. The molecule has 7 rings (SSSR count). The van der Waals surface area contributed by atoms with Crippen LogP contribution >= 0.6 is 0 Å². The number of hydrogen-bond donors (Lipinski definition) is 4. The molecule has 0 saturated heterocycles. The van der Waals surface area contributed by atoms with Crippen molar-refractivity contribution in [3.8, 4) is 0 Å². The molecule has 6 heteroatoms. The highest BCUT2D eigenvalue weighted by atomic mass is 16.3. The molecule has 0 spiro atoms. The van der Waals surface area contributed by atoms with Gasteiger partial charge in [-0.3, -0.25) is 9.59 Å². The van der Waals surface area contributed by atoms with Gasteiger partial charge in [0.25, 0.3) is 0 Å². The van der Waals surface area contributed by atoms with E-state index < -0.39 is 28.7 Å². The Labute approximate surface area is 271 Å². The average Bonchev–Trinajstić information content (AvgIpc) is 3.75. The number of fused-ring (bicyclic) bond motifs is 2. The zero-order chi connectivity index (χ0) is 31.8. The lowest BCUT2D eigenvalue weighted by atomic mass is 9.71. The topological polar surface area (TPSA) is 98.7 Å². The van der Waals surface area contributed by atoms with Crippen LogP contribution in [-0.2, 0) is 9.59 Å². The predicted molar refractivity (Wildman–Crippen MR) is 182 cm³/mol. The third-order valence-corrected chi connectivity index (χ3v) is 11.4. The van der Waals surface area contributed by atoms with Crippen molar-refractivity contribution in [3.05, 3.63) is 96.1 Å². The van der Waals surface area contributed by atoms with Crippen molar-refractivity contribution in [1.82, 2.24) is 10.6 Å². The van der Waals surface area contributed by atoms with Gasteiger partial charge in [0.15, 0.2) is 0 Å². The molecule has 4 aromatic carbocycles. The van der Waals surface area contributed by atoms with Crippen LogP contribution in [0.3, 0.4) is 0 Å². The van der Waals surface area contributed by atoms with Crippen molar-refractivity contribution in [3.63, 3.8) is 0 Å². The van der Waals surface area contributed by atoms with Crippen LogP contribution < -0.4 is 10.6 Å². The number of nitrogens with one attached hydrogen (secondary N) is 2. The zero-order valence-corrected chi connectivity index (χ0v) is 26.6. The van der Waals surface area contributed by atoms with Gasteiger partial charge in [-0.15, -0.1) is 0 Å². The van der Waals surface area contributed by atoms with Crippen LogP contribution in [0.25, 0.3) is 21.5 Å². The van der Waals surface area contributed by atoms with Gasteiger partial charge in [0.1, 0.15) is 5.41 Å². The molecule has 3 saturated carbocycles. The van der Waals surface area contributed by atoms with Gasteiger partial charge in [-0.05, 0) is 71.2 Å². The quantitative estimate of drug-likeness (QED) is 0.153. The molecule has 0 unspecified atom stereocenters. The van der Waals surface area contributed by atoms with Crippen molar-refractivity contribution < 1.29 is 19.8 Å². The lowest BCUT2D eigenvalue weighted by Crippen LogP contribution is -2.57. The number of carbonyl (C=O) groups excluding carboxylic acids is 2. The van der Waals surface area contributed by atoms with Gasteiger partial charge in [-0.1, -0.05) is 130 Å². The van der Waals surface area contributed by atoms with E-state index in [0.717, 1.165) is 77.6 Å². The highest BCUT2D eigenvalue weighted by Gasteiger charge is 2.52. The second-order valence-corrected chi connectivity index (χ2v) is 14.2. The largest absolute Gasteiger partial charge is 0.387 e. The summed E-state index contributed by atoms with van der Waals surface area (Å²) in [7, 11) is 0. The standard InChI is InChI=1S/C40H46N2O4/c43-36(41-34(39(45)24-8-9-25-39)32-20-12-16-28-14-2-4-18-30(28)32)38(22-6-1-7-23-38)37(44)42-35(40(46)26-10-11-27-40)33-21-13-17-29-15-3-5-19-31(29)33/h2-5,12-21,34-35,45-46H,1,6-11,22-27H2,(H,41,43)(H,42,44)/t34-,35-/m0/s1. The van der Waals surface area contributed by atoms with E-state index in [0.29, 0.717) is 38.5 Å². The van der Waals surface area contributed by atoms with Crippen LogP contribution in [0.5, 0.6) is 0 Å². The van der Waals surface area contributed by atoms with Crippen LogP contribution in [0.1, 0.15) is 107 Å². The summed E-state index contributed by atoms with van der Waals surface area (Å²) in [6.07, 6.45) is 9.33. The molecule has 240 valence electrons. The third kappa shape index (κ3) is 5.50. The molecule has 3 aliphatic rings. The van der Waals surface area contributed by atoms with E-state index in [2.05, 4.69) is 10.6 Å². The molecule has 2 atom stereocenters. The summed E-state index contributed by atoms with van der Waals surface area (Å²) in [6.45, 7) is 0. The van der Waals surface area contributed by atoms with Gasteiger partial charge >= 0.3 is 0 Å². The van der Waals surface area contributed by atoms with E-state index >= 15 is 0 Å². The van der Waals surface area contributed by atoms with E-state index in [1.807, 2.05) is 84.9 Å². The Hall–Kier alpha value is -3.74. The van der Waals surface area contributed by atoms with Crippen molar-refractivity contribution in [2.75, 3.05) is 0 Å². The molecule has 46 heavy (non-hydrogen) atoms. The Morgan fingerprint density at radius 1 is 0.500 bits per heavy atom. The molecule has 0 radical (unpaired) electrons. The van der Waals surface area contributed by atoms with Gasteiger partial charge < -0.3 is 20.8 Å². The zero-order valence-electron chi connectivity index (χ0n) is 26.6. The molecule has 4 aromatic rings. The van der Waals surface area contributed by atoms with E-state index in [1.54, 1.807) is 0 Å². The molecular weight excluding hydrogens is 572 g/mol. The molecule has 4 N–H and O–H groups in total. The highest BCUT2D eigenvalue weighted by Crippen LogP contribution is 2.46. The summed E-state index contributed by atoms with van der Waals surface area (Å²) >= 11 is 0. The SMILES string of the molecule is O=C(N[C@@H](c1cccc2ccccc12)C1(O)CCCC1)C1(C(=O)N[C@@H](c2cccc3ccccc23)C2(O)CCCC2)CCCCC1. The molecule has 3 fully saturated rings. The Kier molecular flexibility index (Phi) is 8.37. The number of aliphatic hydroxyl groups is 2. The minimum Gasteiger partial charge on any atom is -0.387 e. The molecule has 0 heterocycles.